The van der Waals surface area contributed by atoms with Crippen LogP contribution in [0.4, 0.5) is 0 Å². The molecule has 0 spiro atoms. The van der Waals surface area contributed by atoms with Crippen LogP contribution >= 0.6 is 0 Å². The molecule has 0 amide bonds. The Morgan fingerprint density at radius 2 is 2.08 bits per heavy atom. The first kappa shape index (κ1) is 16.7. The van der Waals surface area contributed by atoms with Gasteiger partial charge in [-0.15, -0.1) is 0 Å². The van der Waals surface area contributed by atoms with E-state index < -0.39 is 0 Å². The number of carbonyl (C=O) groups is 1. The maximum absolute atomic E-state index is 11.2. The van der Waals surface area contributed by atoms with Crippen LogP contribution in [0.1, 0.15) is 36.5 Å². The molecule has 1 fully saturated rings. The topological polar surface area (TPSA) is 47.4 Å². The predicted octanol–water partition coefficient (Wildman–Crippen LogP) is 3.09. The van der Waals surface area contributed by atoms with Crippen molar-refractivity contribution in [3.8, 4) is 5.75 Å². The smallest absolute Gasteiger partial charge is 0.308 e. The zero-order chi connectivity index (χ0) is 17.1. The maximum Gasteiger partial charge on any atom is 0.308 e. The first-order valence-electron chi connectivity index (χ1n) is 8.53. The number of aryl methyl sites for hydroxylation is 2. The van der Waals surface area contributed by atoms with Gasteiger partial charge in [0.15, 0.2) is 0 Å². The molecule has 1 aromatic carbocycles. The van der Waals surface area contributed by atoms with Gasteiger partial charge >= 0.3 is 5.97 Å². The standard InChI is InChI=1S/C19H25N3O2/c1-14-10-17(11-15(2)19(14)24-16(3)23)12-21-8-4-6-18(21)13-22-9-5-7-20-22/h5,7,9-11,18H,4,6,8,12-13H2,1-3H3. The summed E-state index contributed by atoms with van der Waals surface area (Å²) in [6.45, 7) is 8.43. The van der Waals surface area contributed by atoms with Crippen molar-refractivity contribution in [2.24, 2.45) is 0 Å². The van der Waals surface area contributed by atoms with Crippen LogP contribution in [0.5, 0.6) is 5.75 Å². The number of likely N-dealkylation sites (tertiary alicyclic amines) is 1. The Bertz CT molecular complexity index is 686. The highest BCUT2D eigenvalue weighted by Crippen LogP contribution is 2.27. The van der Waals surface area contributed by atoms with Gasteiger partial charge in [-0.05, 0) is 56.0 Å². The number of hydrogen-bond acceptors (Lipinski definition) is 4. The molecule has 24 heavy (non-hydrogen) atoms. The summed E-state index contributed by atoms with van der Waals surface area (Å²) in [5.74, 6) is 0.425. The SMILES string of the molecule is CC(=O)Oc1c(C)cc(CN2CCCC2Cn2cccn2)cc1C. The molecule has 0 N–H and O–H groups in total. The largest absolute Gasteiger partial charge is 0.426 e. The fourth-order valence-electron chi connectivity index (χ4n) is 3.60. The van der Waals surface area contributed by atoms with Gasteiger partial charge in [0, 0.05) is 31.9 Å². The van der Waals surface area contributed by atoms with Crippen molar-refractivity contribution in [3.63, 3.8) is 0 Å². The van der Waals surface area contributed by atoms with Gasteiger partial charge in [-0.2, -0.15) is 5.10 Å². The molecule has 2 aromatic rings. The van der Waals surface area contributed by atoms with E-state index in [2.05, 4.69) is 22.1 Å². The van der Waals surface area contributed by atoms with Crippen molar-refractivity contribution in [1.82, 2.24) is 14.7 Å². The van der Waals surface area contributed by atoms with Crippen molar-refractivity contribution in [2.45, 2.75) is 52.7 Å². The van der Waals surface area contributed by atoms with Crippen LogP contribution in [0.25, 0.3) is 0 Å². The van der Waals surface area contributed by atoms with E-state index in [1.54, 1.807) is 0 Å². The average molecular weight is 327 g/mol. The van der Waals surface area contributed by atoms with Crippen LogP contribution in [-0.2, 0) is 17.9 Å². The normalized spacial score (nSPS) is 18.0. The number of hydrogen-bond donors (Lipinski definition) is 0. The van der Waals surface area contributed by atoms with Crippen LogP contribution in [0, 0.1) is 13.8 Å². The lowest BCUT2D eigenvalue weighted by atomic mass is 10.0. The molecule has 0 aliphatic carbocycles. The van der Waals surface area contributed by atoms with E-state index in [0.717, 1.165) is 30.8 Å². The maximum atomic E-state index is 11.2. The van der Waals surface area contributed by atoms with Gasteiger partial charge in [-0.1, -0.05) is 12.1 Å². The van der Waals surface area contributed by atoms with Gasteiger partial charge in [0.1, 0.15) is 5.75 Å². The predicted molar refractivity (Wildman–Crippen MR) is 92.9 cm³/mol. The molecule has 5 nitrogen and oxygen atoms in total. The Morgan fingerprint density at radius 3 is 2.71 bits per heavy atom. The number of nitrogens with zero attached hydrogens (tertiary/aromatic N) is 3. The molecule has 0 radical (unpaired) electrons. The van der Waals surface area contributed by atoms with E-state index in [4.69, 9.17) is 4.74 Å². The van der Waals surface area contributed by atoms with Crippen LogP contribution in [0.2, 0.25) is 0 Å². The molecule has 1 atom stereocenters. The van der Waals surface area contributed by atoms with Crippen LogP contribution < -0.4 is 4.74 Å². The lowest BCUT2D eigenvalue weighted by Crippen LogP contribution is -2.32. The summed E-state index contributed by atoms with van der Waals surface area (Å²) in [7, 11) is 0. The van der Waals surface area contributed by atoms with E-state index in [1.807, 2.05) is 37.0 Å². The highest BCUT2D eigenvalue weighted by Gasteiger charge is 2.25. The van der Waals surface area contributed by atoms with E-state index in [9.17, 15) is 4.79 Å². The Morgan fingerprint density at radius 1 is 1.33 bits per heavy atom. The van der Waals surface area contributed by atoms with Crippen LogP contribution in [0.3, 0.4) is 0 Å². The summed E-state index contributed by atoms with van der Waals surface area (Å²) in [6.07, 6.45) is 6.30. The molecule has 2 heterocycles. The molecule has 1 aliphatic rings. The van der Waals surface area contributed by atoms with E-state index in [1.165, 1.54) is 25.3 Å². The lowest BCUT2D eigenvalue weighted by Gasteiger charge is -2.25. The lowest BCUT2D eigenvalue weighted by molar-refractivity contribution is -0.131. The third kappa shape index (κ3) is 3.85. The second kappa shape index (κ2) is 7.18. The molecular weight excluding hydrogens is 302 g/mol. The third-order valence-electron chi connectivity index (χ3n) is 4.61. The number of carbonyl (C=O) groups excluding carboxylic acids is 1. The van der Waals surface area contributed by atoms with Gasteiger partial charge in [0.2, 0.25) is 0 Å². The molecule has 1 unspecified atom stereocenters. The monoisotopic (exact) mass is 327 g/mol. The number of benzene rings is 1. The summed E-state index contributed by atoms with van der Waals surface area (Å²) < 4.78 is 7.35. The summed E-state index contributed by atoms with van der Waals surface area (Å²) in [6, 6.07) is 6.77. The number of ether oxygens (including phenoxy) is 1. The Labute approximate surface area is 143 Å². The van der Waals surface area contributed by atoms with E-state index >= 15 is 0 Å². The van der Waals surface area contributed by atoms with Gasteiger partial charge in [-0.25, -0.2) is 0 Å². The molecule has 1 aromatic heterocycles. The molecule has 1 saturated heterocycles. The van der Waals surface area contributed by atoms with E-state index in [0.29, 0.717) is 11.8 Å². The minimum Gasteiger partial charge on any atom is -0.426 e. The minimum absolute atomic E-state index is 0.271. The van der Waals surface area contributed by atoms with Gasteiger partial charge in [-0.3, -0.25) is 14.4 Å². The summed E-state index contributed by atoms with van der Waals surface area (Å²) in [4.78, 5) is 13.8. The highest BCUT2D eigenvalue weighted by molar-refractivity contribution is 5.70. The van der Waals surface area contributed by atoms with Crippen molar-refractivity contribution < 1.29 is 9.53 Å². The summed E-state index contributed by atoms with van der Waals surface area (Å²) >= 11 is 0. The van der Waals surface area contributed by atoms with Crippen LogP contribution in [0.15, 0.2) is 30.6 Å². The molecule has 0 saturated carbocycles. The van der Waals surface area contributed by atoms with Crippen molar-refractivity contribution >= 4 is 5.97 Å². The first-order chi connectivity index (χ1) is 11.5. The molecule has 5 heteroatoms. The second-order valence-electron chi connectivity index (χ2n) is 6.65. The van der Waals surface area contributed by atoms with Gasteiger partial charge < -0.3 is 4.74 Å². The van der Waals surface area contributed by atoms with Crippen molar-refractivity contribution in [1.29, 1.82) is 0 Å². The number of aromatic nitrogens is 2. The average Bonchev–Trinajstić information content (AvgIpc) is 3.16. The van der Waals surface area contributed by atoms with Crippen molar-refractivity contribution in [3.05, 3.63) is 47.3 Å². The summed E-state index contributed by atoms with van der Waals surface area (Å²) in [5, 5.41) is 4.33. The molecule has 128 valence electrons. The molecule has 1 aliphatic heterocycles. The number of esters is 1. The Hall–Kier alpha value is -2.14. The first-order valence-corrected chi connectivity index (χ1v) is 8.53. The van der Waals surface area contributed by atoms with Crippen LogP contribution in [-0.4, -0.2) is 33.2 Å². The zero-order valence-electron chi connectivity index (χ0n) is 14.7. The molecule has 0 bridgehead atoms. The minimum atomic E-state index is -0.271. The number of rotatable bonds is 5. The van der Waals surface area contributed by atoms with Crippen molar-refractivity contribution in [2.75, 3.05) is 6.54 Å². The Kier molecular flexibility index (Phi) is 5.00. The second-order valence-corrected chi connectivity index (χ2v) is 6.65. The quantitative estimate of drug-likeness (QED) is 0.625. The Balaban J connectivity index is 1.71. The van der Waals surface area contributed by atoms with Gasteiger partial charge in [0.05, 0.1) is 6.54 Å². The third-order valence-corrected chi connectivity index (χ3v) is 4.61. The fourth-order valence-corrected chi connectivity index (χ4v) is 3.60. The molecular formula is C19H25N3O2. The molecule has 3 rings (SSSR count). The van der Waals surface area contributed by atoms with Gasteiger partial charge in [0.25, 0.3) is 0 Å². The zero-order valence-corrected chi connectivity index (χ0v) is 14.7. The van der Waals surface area contributed by atoms with E-state index in [-0.39, 0.29) is 5.97 Å². The fraction of sp³-hybridized carbons (Fsp3) is 0.474. The highest BCUT2D eigenvalue weighted by atomic mass is 16.5. The summed E-state index contributed by atoms with van der Waals surface area (Å²) in [5.41, 5.74) is 3.30.